The first-order valence-corrected chi connectivity index (χ1v) is 3.37. The van der Waals surface area contributed by atoms with Crippen LogP contribution in [0.5, 0.6) is 0 Å². The van der Waals surface area contributed by atoms with Gasteiger partial charge in [0, 0.05) is 0 Å². The molecule has 3 N–H and O–H groups in total. The molecule has 0 amide bonds. The third kappa shape index (κ3) is 1.49. The van der Waals surface area contributed by atoms with Crippen molar-refractivity contribution >= 4 is 23.6 Å². The number of carbonyl (C=O) groups is 3. The summed E-state index contributed by atoms with van der Waals surface area (Å²) in [5.41, 5.74) is -0.815. The van der Waals surface area contributed by atoms with Gasteiger partial charge in [-0.2, -0.15) is 0 Å². The van der Waals surface area contributed by atoms with Crippen molar-refractivity contribution in [3.8, 4) is 0 Å². The van der Waals surface area contributed by atoms with Crippen molar-refractivity contribution in [3.05, 3.63) is 0 Å². The van der Waals surface area contributed by atoms with Crippen molar-refractivity contribution in [3.63, 3.8) is 0 Å². The molecule has 0 saturated carbocycles. The molecule has 0 unspecified atom stereocenters. The highest BCUT2D eigenvalue weighted by atomic mass is 16.7. The van der Waals surface area contributed by atoms with E-state index in [9.17, 15) is 14.4 Å². The molecule has 1 aliphatic heterocycles. The van der Waals surface area contributed by atoms with E-state index in [1.807, 2.05) is 0 Å². The molecule has 8 heteroatoms. The van der Waals surface area contributed by atoms with Crippen LogP contribution < -0.4 is 0 Å². The molecular weight excluding hydrogens is 198 g/mol. The van der Waals surface area contributed by atoms with Crippen LogP contribution in [0.1, 0.15) is 0 Å². The van der Waals surface area contributed by atoms with Crippen molar-refractivity contribution in [2.75, 3.05) is 0 Å². The maximum Gasteiger partial charge on any atom is 0.354 e. The van der Waals surface area contributed by atoms with Gasteiger partial charge in [0.25, 0.3) is 0 Å². The Morgan fingerprint density at radius 1 is 1.14 bits per heavy atom. The van der Waals surface area contributed by atoms with Crippen molar-refractivity contribution in [2.24, 2.45) is 11.1 Å². The van der Waals surface area contributed by atoms with Crippen LogP contribution in [0.25, 0.3) is 0 Å². The van der Waals surface area contributed by atoms with E-state index in [1.54, 1.807) is 0 Å². The molecule has 1 heterocycles. The number of nitrogens with zero attached hydrogens (tertiary/aromatic N) is 1. The summed E-state index contributed by atoms with van der Waals surface area (Å²) < 4.78 is 0. The minimum atomic E-state index is -1.78. The van der Waals surface area contributed by atoms with Crippen LogP contribution in [0.2, 0.25) is 0 Å². The zero-order chi connectivity index (χ0) is 10.9. The summed E-state index contributed by atoms with van der Waals surface area (Å²) >= 11 is 0. The topological polar surface area (TPSA) is 133 Å². The number of hydrogen-bond donors (Lipinski definition) is 3. The van der Waals surface area contributed by atoms with Crippen LogP contribution >= 0.6 is 0 Å². The summed E-state index contributed by atoms with van der Waals surface area (Å²) in [6.45, 7) is 0. The number of rotatable bonds is 3. The average molecular weight is 203 g/mol. The third-order valence-corrected chi connectivity index (χ3v) is 1.59. The summed E-state index contributed by atoms with van der Waals surface area (Å²) in [7, 11) is 0. The smallest absolute Gasteiger partial charge is 0.354 e. The van der Waals surface area contributed by atoms with Gasteiger partial charge in [-0.15, -0.1) is 0 Å². The van der Waals surface area contributed by atoms with Gasteiger partial charge in [0.15, 0.2) is 11.6 Å². The Bertz CT molecular complexity index is 333. The van der Waals surface area contributed by atoms with Gasteiger partial charge in [0.1, 0.15) is 0 Å². The lowest BCUT2D eigenvalue weighted by molar-refractivity contribution is -0.157. The summed E-state index contributed by atoms with van der Waals surface area (Å²) in [6, 6.07) is 0. The highest BCUT2D eigenvalue weighted by Gasteiger charge is 2.47. The number of oxime groups is 1. The molecule has 14 heavy (non-hydrogen) atoms. The van der Waals surface area contributed by atoms with Gasteiger partial charge in [-0.25, -0.2) is 9.59 Å². The summed E-state index contributed by atoms with van der Waals surface area (Å²) in [5.74, 6) is -6.56. The Morgan fingerprint density at radius 3 is 2.07 bits per heavy atom. The molecule has 0 aromatic carbocycles. The van der Waals surface area contributed by atoms with Gasteiger partial charge in [-0.1, -0.05) is 5.16 Å². The van der Waals surface area contributed by atoms with E-state index in [0.717, 1.165) is 0 Å². The fourth-order valence-electron chi connectivity index (χ4n) is 0.981. The molecule has 0 saturated heterocycles. The lowest BCUT2D eigenvalue weighted by atomic mass is 9.98. The van der Waals surface area contributed by atoms with Crippen molar-refractivity contribution in [1.82, 2.24) is 0 Å². The lowest BCUT2D eigenvalue weighted by Gasteiger charge is -2.08. The van der Waals surface area contributed by atoms with Gasteiger partial charge in [0.2, 0.25) is 6.10 Å². The SMILES string of the molecule is O=C(O)C1=NO[C@H](C(=O)O)[C@@H]1C(=O)O. The number of aliphatic carboxylic acids is 3. The number of carboxylic acid groups (broad SMARTS) is 3. The van der Waals surface area contributed by atoms with E-state index in [1.165, 1.54) is 0 Å². The molecule has 0 fully saturated rings. The van der Waals surface area contributed by atoms with E-state index in [4.69, 9.17) is 15.3 Å². The first-order chi connectivity index (χ1) is 6.45. The minimum Gasteiger partial charge on any atom is -0.481 e. The number of hydrogen-bond acceptors (Lipinski definition) is 5. The first kappa shape index (κ1) is 9.96. The predicted molar refractivity (Wildman–Crippen MR) is 38.7 cm³/mol. The number of carboxylic acids is 3. The van der Waals surface area contributed by atoms with Crippen LogP contribution in [-0.2, 0) is 19.2 Å². The molecule has 2 atom stereocenters. The second-order valence-corrected chi connectivity index (χ2v) is 2.46. The second-order valence-electron chi connectivity index (χ2n) is 2.46. The molecular formula is C6H5NO7. The van der Waals surface area contributed by atoms with Crippen LogP contribution in [0, 0.1) is 5.92 Å². The van der Waals surface area contributed by atoms with E-state index < -0.39 is 35.6 Å². The van der Waals surface area contributed by atoms with Crippen LogP contribution in [-0.4, -0.2) is 45.0 Å². The van der Waals surface area contributed by atoms with E-state index in [2.05, 4.69) is 9.99 Å². The predicted octanol–water partition coefficient (Wildman–Crippen LogP) is -1.39. The fourth-order valence-corrected chi connectivity index (χ4v) is 0.981. The van der Waals surface area contributed by atoms with Crippen LogP contribution in [0.15, 0.2) is 5.16 Å². The van der Waals surface area contributed by atoms with Gasteiger partial charge in [0.05, 0.1) is 0 Å². The standard InChI is InChI=1S/C6H5NO7/c8-4(9)1-2(5(10)11)7-14-3(1)6(12)13/h1,3H,(H,8,9)(H,10,11)(H,12,13)/t1-,3+/m1/s1. The van der Waals surface area contributed by atoms with E-state index >= 15 is 0 Å². The summed E-state index contributed by atoms with van der Waals surface area (Å²) in [6.07, 6.45) is -1.78. The van der Waals surface area contributed by atoms with Crippen molar-refractivity contribution in [1.29, 1.82) is 0 Å². The van der Waals surface area contributed by atoms with Crippen LogP contribution in [0.3, 0.4) is 0 Å². The first-order valence-electron chi connectivity index (χ1n) is 3.37. The Labute approximate surface area is 76.4 Å². The quantitative estimate of drug-likeness (QED) is 0.514. The normalized spacial score (nSPS) is 25.0. The molecule has 0 bridgehead atoms. The zero-order valence-electron chi connectivity index (χ0n) is 6.58. The molecule has 0 radical (unpaired) electrons. The summed E-state index contributed by atoms with van der Waals surface area (Å²) in [4.78, 5) is 35.6. The monoisotopic (exact) mass is 203 g/mol. The molecule has 0 spiro atoms. The molecule has 0 aromatic rings. The second kappa shape index (κ2) is 3.32. The fraction of sp³-hybridized carbons (Fsp3) is 0.333. The minimum absolute atomic E-state index is 0.815. The zero-order valence-corrected chi connectivity index (χ0v) is 6.58. The third-order valence-electron chi connectivity index (χ3n) is 1.59. The summed E-state index contributed by atoms with van der Waals surface area (Å²) in [5, 5.41) is 28.4. The Balaban J connectivity index is 2.98. The van der Waals surface area contributed by atoms with Gasteiger partial charge in [-0.3, -0.25) is 4.79 Å². The van der Waals surface area contributed by atoms with Crippen molar-refractivity contribution < 1.29 is 34.5 Å². The lowest BCUT2D eigenvalue weighted by Crippen LogP contribution is -2.39. The van der Waals surface area contributed by atoms with E-state index in [-0.39, 0.29) is 0 Å². The largest absolute Gasteiger partial charge is 0.481 e. The maximum absolute atomic E-state index is 10.5. The van der Waals surface area contributed by atoms with Gasteiger partial charge >= 0.3 is 17.9 Å². The average Bonchev–Trinajstić information content (AvgIpc) is 2.46. The molecule has 8 nitrogen and oxygen atoms in total. The van der Waals surface area contributed by atoms with Crippen molar-refractivity contribution in [2.45, 2.75) is 6.10 Å². The van der Waals surface area contributed by atoms with Crippen LogP contribution in [0.4, 0.5) is 0 Å². The highest BCUT2D eigenvalue weighted by Crippen LogP contribution is 2.19. The maximum atomic E-state index is 10.5. The molecule has 1 rings (SSSR count). The van der Waals surface area contributed by atoms with E-state index in [0.29, 0.717) is 0 Å². The highest BCUT2D eigenvalue weighted by molar-refractivity contribution is 6.40. The van der Waals surface area contributed by atoms with Gasteiger partial charge in [-0.05, 0) is 0 Å². The molecule has 1 aliphatic rings. The van der Waals surface area contributed by atoms with Gasteiger partial charge < -0.3 is 20.2 Å². The molecule has 0 aromatic heterocycles. The molecule has 0 aliphatic carbocycles. The Morgan fingerprint density at radius 2 is 1.71 bits per heavy atom. The Kier molecular flexibility index (Phi) is 2.36. The Hall–Kier alpha value is -2.12. The molecule has 76 valence electrons.